The van der Waals surface area contributed by atoms with Crippen LogP contribution in [-0.2, 0) is 0 Å². The first-order valence-electron chi connectivity index (χ1n) is 9.17. The van der Waals surface area contributed by atoms with E-state index in [1.54, 1.807) is 29.3 Å². The summed E-state index contributed by atoms with van der Waals surface area (Å²) in [7, 11) is 0. The highest BCUT2D eigenvalue weighted by Crippen LogP contribution is 2.43. The third kappa shape index (κ3) is 2.72. The first-order valence-corrected chi connectivity index (χ1v) is 9.55. The van der Waals surface area contributed by atoms with Gasteiger partial charge in [-0.3, -0.25) is 4.90 Å². The average Bonchev–Trinajstić information content (AvgIpc) is 2.65. The molecule has 1 aromatic heterocycles. The molecule has 1 aromatic carbocycles. The molecule has 2 saturated heterocycles. The Balaban J connectivity index is 1.23. The van der Waals surface area contributed by atoms with Gasteiger partial charge < -0.3 is 14.5 Å². The van der Waals surface area contributed by atoms with E-state index in [-0.39, 0.29) is 11.4 Å². The molecule has 0 unspecified atom stereocenters. The molecular formula is C20H18ClN5O2. The van der Waals surface area contributed by atoms with Crippen LogP contribution in [0.2, 0.25) is 5.02 Å². The zero-order valence-corrected chi connectivity index (χ0v) is 15.9. The number of rotatable bonds is 1. The number of urea groups is 1. The fraction of sp³-hybridized carbons (Fsp3) is 0.350. The number of benzene rings is 1. The summed E-state index contributed by atoms with van der Waals surface area (Å²) in [5, 5.41) is 9.63. The third-order valence-corrected chi connectivity index (χ3v) is 5.83. The predicted molar refractivity (Wildman–Crippen MR) is 105 cm³/mol. The number of carbonyl (C=O) groups excluding carboxylic acids is 1. The summed E-state index contributed by atoms with van der Waals surface area (Å²) in [5.41, 5.74) is 1.52. The van der Waals surface area contributed by atoms with Crippen molar-refractivity contribution < 1.29 is 9.53 Å². The van der Waals surface area contributed by atoms with Gasteiger partial charge in [-0.25, -0.2) is 9.78 Å². The molecule has 1 spiro atoms. The number of anilines is 2. The summed E-state index contributed by atoms with van der Waals surface area (Å²) in [5.74, 6) is 1.48. The molecule has 0 bridgehead atoms. The van der Waals surface area contributed by atoms with Crippen molar-refractivity contribution in [2.75, 3.05) is 49.1 Å². The lowest BCUT2D eigenvalue weighted by Crippen LogP contribution is -2.74. The monoisotopic (exact) mass is 395 g/mol. The van der Waals surface area contributed by atoms with Gasteiger partial charge in [0.2, 0.25) is 0 Å². The van der Waals surface area contributed by atoms with Gasteiger partial charge in [0.15, 0.2) is 0 Å². The van der Waals surface area contributed by atoms with E-state index in [0.29, 0.717) is 29.5 Å². The first kappa shape index (κ1) is 17.1. The van der Waals surface area contributed by atoms with Crippen molar-refractivity contribution in [1.29, 1.82) is 5.26 Å². The van der Waals surface area contributed by atoms with Crippen LogP contribution in [-0.4, -0.2) is 55.2 Å². The normalized spacial score (nSPS) is 19.2. The Labute approximate surface area is 167 Å². The van der Waals surface area contributed by atoms with Crippen LogP contribution in [0.15, 0.2) is 36.5 Å². The van der Waals surface area contributed by atoms with Crippen LogP contribution in [0.3, 0.4) is 0 Å². The molecule has 3 aliphatic heterocycles. The van der Waals surface area contributed by atoms with Crippen LogP contribution in [0.1, 0.15) is 5.56 Å². The van der Waals surface area contributed by atoms with E-state index in [4.69, 9.17) is 21.6 Å². The number of halogens is 1. The maximum Gasteiger partial charge on any atom is 0.324 e. The minimum Gasteiger partial charge on any atom is -0.489 e. The lowest BCUT2D eigenvalue weighted by Gasteiger charge is -2.60. The van der Waals surface area contributed by atoms with E-state index in [9.17, 15) is 4.79 Å². The number of aromatic nitrogens is 1. The van der Waals surface area contributed by atoms with Gasteiger partial charge in [0.05, 0.1) is 23.9 Å². The Kier molecular flexibility index (Phi) is 3.84. The summed E-state index contributed by atoms with van der Waals surface area (Å²) in [6.45, 7) is 4.18. The summed E-state index contributed by atoms with van der Waals surface area (Å²) in [4.78, 5) is 23.2. The van der Waals surface area contributed by atoms with Crippen LogP contribution < -0.4 is 14.5 Å². The second-order valence-electron chi connectivity index (χ2n) is 7.62. The van der Waals surface area contributed by atoms with Gasteiger partial charge in [0.25, 0.3) is 0 Å². The van der Waals surface area contributed by atoms with Gasteiger partial charge in [-0.1, -0.05) is 11.6 Å². The van der Waals surface area contributed by atoms with Gasteiger partial charge in [-0.2, -0.15) is 5.26 Å². The Bertz CT molecular complexity index is 990. The number of carbonyl (C=O) groups is 1. The van der Waals surface area contributed by atoms with Crippen molar-refractivity contribution in [3.8, 4) is 11.8 Å². The maximum atomic E-state index is 13.0. The molecule has 2 amide bonds. The molecule has 7 nitrogen and oxygen atoms in total. The number of hydrogen-bond acceptors (Lipinski definition) is 5. The molecular weight excluding hydrogens is 378 g/mol. The molecule has 3 aliphatic rings. The number of pyridine rings is 1. The standard InChI is InChI=1S/C20H18ClN5O2/c21-15-1-2-16-17(8-15)28-6-5-26(16)19(27)25-12-20(13-25)10-24(11-20)18-7-14(9-22)3-4-23-18/h1-4,7-8H,5-6,10-13H2. The quantitative estimate of drug-likeness (QED) is 0.742. The minimum atomic E-state index is 0.0144. The maximum absolute atomic E-state index is 13.0. The van der Waals surface area contributed by atoms with Crippen molar-refractivity contribution >= 4 is 29.1 Å². The molecule has 0 aliphatic carbocycles. The SMILES string of the molecule is N#Cc1ccnc(N2CC3(CN(C(=O)N4CCOc5cc(Cl)ccc54)C3)C2)c1. The van der Waals surface area contributed by atoms with Crippen molar-refractivity contribution in [2.45, 2.75) is 0 Å². The van der Waals surface area contributed by atoms with E-state index in [1.165, 1.54) is 0 Å². The molecule has 0 N–H and O–H groups in total. The van der Waals surface area contributed by atoms with E-state index in [2.05, 4.69) is 16.0 Å². The number of ether oxygens (including phenoxy) is 1. The molecule has 0 radical (unpaired) electrons. The number of nitriles is 1. The Morgan fingerprint density at radius 1 is 1.21 bits per heavy atom. The molecule has 8 heteroatoms. The smallest absolute Gasteiger partial charge is 0.324 e. The lowest BCUT2D eigenvalue weighted by molar-refractivity contribution is 0.00929. The van der Waals surface area contributed by atoms with Crippen molar-refractivity contribution in [1.82, 2.24) is 9.88 Å². The topological polar surface area (TPSA) is 72.7 Å². The van der Waals surface area contributed by atoms with Gasteiger partial charge >= 0.3 is 6.03 Å². The van der Waals surface area contributed by atoms with E-state index in [0.717, 1.165) is 37.7 Å². The summed E-state index contributed by atoms with van der Waals surface area (Å²) >= 11 is 6.03. The highest BCUT2D eigenvalue weighted by Gasteiger charge is 2.54. The Morgan fingerprint density at radius 2 is 2.04 bits per heavy atom. The molecule has 0 atom stereocenters. The second kappa shape index (κ2) is 6.28. The molecule has 2 fully saturated rings. The molecule has 5 rings (SSSR count). The van der Waals surface area contributed by atoms with E-state index < -0.39 is 0 Å². The fourth-order valence-electron chi connectivity index (χ4n) is 4.25. The minimum absolute atomic E-state index is 0.0144. The Hall–Kier alpha value is -2.98. The van der Waals surface area contributed by atoms with Gasteiger partial charge in [-0.15, -0.1) is 0 Å². The predicted octanol–water partition coefficient (Wildman–Crippen LogP) is 2.75. The number of fused-ring (bicyclic) bond motifs is 1. The van der Waals surface area contributed by atoms with Crippen LogP contribution in [0.4, 0.5) is 16.3 Å². The van der Waals surface area contributed by atoms with Crippen LogP contribution in [0.5, 0.6) is 5.75 Å². The second-order valence-corrected chi connectivity index (χ2v) is 8.06. The van der Waals surface area contributed by atoms with Crippen LogP contribution >= 0.6 is 11.6 Å². The van der Waals surface area contributed by atoms with Crippen molar-refractivity contribution in [3.05, 3.63) is 47.1 Å². The third-order valence-electron chi connectivity index (χ3n) is 5.59. The average molecular weight is 396 g/mol. The van der Waals surface area contributed by atoms with Crippen molar-refractivity contribution in [2.24, 2.45) is 5.41 Å². The number of amides is 2. The summed E-state index contributed by atoms with van der Waals surface area (Å²) in [6, 6.07) is 11.0. The first-order chi connectivity index (χ1) is 13.6. The highest BCUT2D eigenvalue weighted by molar-refractivity contribution is 6.30. The van der Waals surface area contributed by atoms with E-state index in [1.807, 2.05) is 17.0 Å². The molecule has 0 saturated carbocycles. The van der Waals surface area contributed by atoms with Crippen LogP contribution in [0, 0.1) is 16.7 Å². The van der Waals surface area contributed by atoms with E-state index >= 15 is 0 Å². The molecule has 142 valence electrons. The molecule has 4 heterocycles. The fourth-order valence-corrected chi connectivity index (χ4v) is 4.41. The largest absolute Gasteiger partial charge is 0.489 e. The molecule has 2 aromatic rings. The highest BCUT2D eigenvalue weighted by atomic mass is 35.5. The Morgan fingerprint density at radius 3 is 2.82 bits per heavy atom. The van der Waals surface area contributed by atoms with Gasteiger partial charge in [0.1, 0.15) is 18.2 Å². The van der Waals surface area contributed by atoms with Gasteiger partial charge in [-0.05, 0) is 24.3 Å². The lowest BCUT2D eigenvalue weighted by atomic mass is 9.73. The number of nitrogens with zero attached hydrogens (tertiary/aromatic N) is 5. The summed E-state index contributed by atoms with van der Waals surface area (Å²) in [6.07, 6.45) is 1.66. The van der Waals surface area contributed by atoms with Crippen LogP contribution in [0.25, 0.3) is 0 Å². The molecule has 28 heavy (non-hydrogen) atoms. The summed E-state index contributed by atoms with van der Waals surface area (Å²) < 4.78 is 5.64. The number of hydrogen-bond donors (Lipinski definition) is 0. The zero-order chi connectivity index (χ0) is 19.3. The van der Waals surface area contributed by atoms with Gasteiger partial charge in [0, 0.05) is 48.9 Å². The zero-order valence-electron chi connectivity index (χ0n) is 15.1. The van der Waals surface area contributed by atoms with Crippen molar-refractivity contribution in [3.63, 3.8) is 0 Å². The number of likely N-dealkylation sites (tertiary alicyclic amines) is 1.